The van der Waals surface area contributed by atoms with Gasteiger partial charge in [-0.1, -0.05) is 13.8 Å². The fourth-order valence-corrected chi connectivity index (χ4v) is 3.04. The minimum atomic E-state index is 0.239. The molecule has 0 radical (unpaired) electrons. The molecule has 4 heteroatoms. The molecule has 0 spiro atoms. The smallest absolute Gasteiger partial charge is 0.238 e. The Morgan fingerprint density at radius 2 is 2.12 bits per heavy atom. The van der Waals surface area contributed by atoms with Gasteiger partial charge in [0.15, 0.2) is 0 Å². The van der Waals surface area contributed by atoms with Gasteiger partial charge in [-0.15, -0.1) is 0 Å². The SMILES string of the molecule is CC(C)C1NCC(=O)N1C1CCN(C)C(C)C1. The second kappa shape index (κ2) is 4.94. The van der Waals surface area contributed by atoms with Gasteiger partial charge in [0, 0.05) is 18.6 Å². The number of rotatable bonds is 2. The van der Waals surface area contributed by atoms with E-state index in [1.54, 1.807) is 0 Å². The molecule has 2 heterocycles. The standard InChI is InChI=1S/C13H25N3O/c1-9(2)13-14-8-12(17)16(13)11-5-6-15(4)10(3)7-11/h9-11,13-14H,5-8H2,1-4H3. The van der Waals surface area contributed by atoms with Crippen LogP contribution in [0.4, 0.5) is 0 Å². The predicted molar refractivity (Wildman–Crippen MR) is 68.6 cm³/mol. The van der Waals surface area contributed by atoms with Crippen molar-refractivity contribution < 1.29 is 4.79 Å². The molecule has 2 saturated heterocycles. The van der Waals surface area contributed by atoms with Crippen molar-refractivity contribution in [1.82, 2.24) is 15.1 Å². The summed E-state index contributed by atoms with van der Waals surface area (Å²) in [6, 6.07) is 1.01. The normalized spacial score (nSPS) is 35.9. The third-order valence-electron chi connectivity index (χ3n) is 4.26. The Balaban J connectivity index is 2.07. The lowest BCUT2D eigenvalue weighted by molar-refractivity contribution is -0.132. The minimum absolute atomic E-state index is 0.239. The van der Waals surface area contributed by atoms with Gasteiger partial charge in [0.2, 0.25) is 5.91 Å². The average molecular weight is 239 g/mol. The van der Waals surface area contributed by atoms with Crippen LogP contribution in [0.15, 0.2) is 0 Å². The maximum absolute atomic E-state index is 12.0. The van der Waals surface area contributed by atoms with E-state index in [0.29, 0.717) is 24.5 Å². The van der Waals surface area contributed by atoms with E-state index in [1.165, 1.54) is 0 Å². The molecule has 2 aliphatic heterocycles. The Bertz CT molecular complexity index is 292. The monoisotopic (exact) mass is 239 g/mol. The highest BCUT2D eigenvalue weighted by molar-refractivity contribution is 5.81. The number of carbonyl (C=O) groups excluding carboxylic acids is 1. The Morgan fingerprint density at radius 1 is 1.41 bits per heavy atom. The summed E-state index contributed by atoms with van der Waals surface area (Å²) in [5, 5.41) is 3.34. The van der Waals surface area contributed by atoms with Crippen molar-refractivity contribution in [1.29, 1.82) is 0 Å². The van der Waals surface area contributed by atoms with Crippen molar-refractivity contribution >= 4 is 5.91 Å². The molecule has 3 unspecified atom stereocenters. The molecule has 0 bridgehead atoms. The van der Waals surface area contributed by atoms with E-state index in [1.807, 2.05) is 0 Å². The molecule has 2 rings (SSSR count). The number of hydrogen-bond donors (Lipinski definition) is 1. The molecule has 0 aromatic rings. The fraction of sp³-hybridized carbons (Fsp3) is 0.923. The molecule has 17 heavy (non-hydrogen) atoms. The average Bonchev–Trinajstić information content (AvgIpc) is 2.64. The lowest BCUT2D eigenvalue weighted by atomic mass is 9.96. The summed E-state index contributed by atoms with van der Waals surface area (Å²) < 4.78 is 0. The van der Waals surface area contributed by atoms with Gasteiger partial charge in [0.05, 0.1) is 12.7 Å². The second-order valence-corrected chi connectivity index (χ2v) is 5.88. The lowest BCUT2D eigenvalue weighted by Crippen LogP contribution is -2.53. The summed E-state index contributed by atoms with van der Waals surface area (Å²) in [4.78, 5) is 16.5. The van der Waals surface area contributed by atoms with Crippen LogP contribution in [0.25, 0.3) is 0 Å². The molecular weight excluding hydrogens is 214 g/mol. The van der Waals surface area contributed by atoms with E-state index in [0.717, 1.165) is 19.4 Å². The van der Waals surface area contributed by atoms with E-state index in [4.69, 9.17) is 0 Å². The van der Waals surface area contributed by atoms with Gasteiger partial charge >= 0.3 is 0 Å². The molecule has 0 aromatic heterocycles. The highest BCUT2D eigenvalue weighted by Crippen LogP contribution is 2.26. The van der Waals surface area contributed by atoms with Crippen LogP contribution in [-0.2, 0) is 4.79 Å². The van der Waals surface area contributed by atoms with E-state index < -0.39 is 0 Å². The second-order valence-electron chi connectivity index (χ2n) is 5.88. The van der Waals surface area contributed by atoms with Crippen LogP contribution in [0, 0.1) is 5.92 Å². The molecule has 0 saturated carbocycles. The van der Waals surface area contributed by atoms with Gasteiger partial charge in [0.25, 0.3) is 0 Å². The largest absolute Gasteiger partial charge is 0.323 e. The van der Waals surface area contributed by atoms with Crippen molar-refractivity contribution in [3.05, 3.63) is 0 Å². The zero-order valence-corrected chi connectivity index (χ0v) is 11.4. The van der Waals surface area contributed by atoms with Crippen molar-refractivity contribution in [2.45, 2.75) is 51.9 Å². The molecule has 2 aliphatic rings. The number of likely N-dealkylation sites (tertiary alicyclic amines) is 1. The molecule has 98 valence electrons. The zero-order chi connectivity index (χ0) is 12.6. The number of carbonyl (C=O) groups is 1. The van der Waals surface area contributed by atoms with Crippen molar-refractivity contribution in [2.75, 3.05) is 20.1 Å². The van der Waals surface area contributed by atoms with Crippen LogP contribution in [0.1, 0.15) is 33.6 Å². The van der Waals surface area contributed by atoms with Gasteiger partial charge in [-0.05, 0) is 32.7 Å². The summed E-state index contributed by atoms with van der Waals surface area (Å²) >= 11 is 0. The van der Waals surface area contributed by atoms with Crippen LogP contribution in [0.2, 0.25) is 0 Å². The first-order chi connectivity index (χ1) is 8.00. The summed E-state index contributed by atoms with van der Waals surface area (Å²) in [6.07, 6.45) is 2.45. The van der Waals surface area contributed by atoms with Crippen LogP contribution in [-0.4, -0.2) is 54.1 Å². The molecule has 4 nitrogen and oxygen atoms in total. The van der Waals surface area contributed by atoms with Gasteiger partial charge in [-0.3, -0.25) is 10.1 Å². The fourth-order valence-electron chi connectivity index (χ4n) is 3.04. The number of amides is 1. The Labute approximate surface area is 104 Å². The Kier molecular flexibility index (Phi) is 3.73. The molecule has 2 fully saturated rings. The number of hydrogen-bond acceptors (Lipinski definition) is 3. The first-order valence-corrected chi connectivity index (χ1v) is 6.75. The summed E-state index contributed by atoms with van der Waals surface area (Å²) in [5.74, 6) is 0.766. The number of nitrogens with one attached hydrogen (secondary N) is 1. The van der Waals surface area contributed by atoms with Gasteiger partial charge in [0.1, 0.15) is 0 Å². The quantitative estimate of drug-likeness (QED) is 0.777. The molecule has 3 atom stereocenters. The highest BCUT2D eigenvalue weighted by Gasteiger charge is 2.39. The maximum Gasteiger partial charge on any atom is 0.238 e. The zero-order valence-electron chi connectivity index (χ0n) is 11.4. The van der Waals surface area contributed by atoms with Crippen molar-refractivity contribution in [2.24, 2.45) is 5.92 Å². The first-order valence-electron chi connectivity index (χ1n) is 6.75. The molecule has 1 amide bonds. The third-order valence-corrected chi connectivity index (χ3v) is 4.26. The van der Waals surface area contributed by atoms with Crippen LogP contribution in [0.5, 0.6) is 0 Å². The lowest BCUT2D eigenvalue weighted by Gasteiger charge is -2.42. The number of piperidine rings is 1. The van der Waals surface area contributed by atoms with E-state index in [-0.39, 0.29) is 12.1 Å². The van der Waals surface area contributed by atoms with E-state index >= 15 is 0 Å². The van der Waals surface area contributed by atoms with Crippen LogP contribution < -0.4 is 5.32 Å². The Morgan fingerprint density at radius 3 is 2.71 bits per heavy atom. The topological polar surface area (TPSA) is 35.6 Å². The van der Waals surface area contributed by atoms with E-state index in [9.17, 15) is 4.79 Å². The molecular formula is C13H25N3O. The van der Waals surface area contributed by atoms with Gasteiger partial charge < -0.3 is 9.80 Å². The molecule has 1 N–H and O–H groups in total. The summed E-state index contributed by atoms with van der Waals surface area (Å²) in [7, 11) is 2.17. The van der Waals surface area contributed by atoms with Crippen molar-refractivity contribution in [3.63, 3.8) is 0 Å². The summed E-state index contributed by atoms with van der Waals surface area (Å²) in [6.45, 7) is 8.23. The highest BCUT2D eigenvalue weighted by atomic mass is 16.2. The van der Waals surface area contributed by atoms with Crippen LogP contribution >= 0.6 is 0 Å². The molecule has 0 aliphatic carbocycles. The molecule has 0 aromatic carbocycles. The van der Waals surface area contributed by atoms with Crippen molar-refractivity contribution in [3.8, 4) is 0 Å². The summed E-state index contributed by atoms with van der Waals surface area (Å²) in [5.41, 5.74) is 0. The minimum Gasteiger partial charge on any atom is -0.323 e. The predicted octanol–water partition coefficient (Wildman–Crippen LogP) is 0.883. The number of nitrogens with zero attached hydrogens (tertiary/aromatic N) is 2. The Hall–Kier alpha value is -0.610. The van der Waals surface area contributed by atoms with Gasteiger partial charge in [-0.2, -0.15) is 0 Å². The van der Waals surface area contributed by atoms with Crippen LogP contribution in [0.3, 0.4) is 0 Å². The van der Waals surface area contributed by atoms with Gasteiger partial charge in [-0.25, -0.2) is 0 Å². The maximum atomic E-state index is 12.0. The first kappa shape index (κ1) is 12.8. The third kappa shape index (κ3) is 2.47. The van der Waals surface area contributed by atoms with E-state index in [2.05, 4.69) is 42.9 Å².